The summed E-state index contributed by atoms with van der Waals surface area (Å²) in [5.74, 6) is 0.164. The van der Waals surface area contributed by atoms with Crippen molar-refractivity contribution in [2.24, 2.45) is 5.73 Å². The molecule has 0 bridgehead atoms. The molecule has 1 aromatic rings. The summed E-state index contributed by atoms with van der Waals surface area (Å²) < 4.78 is 0. The molecule has 2 aliphatic rings. The summed E-state index contributed by atoms with van der Waals surface area (Å²) in [6, 6.07) is 6.45. The number of likely N-dealkylation sites (tertiary alicyclic amines) is 1. The molecule has 0 radical (unpaired) electrons. The number of fused-ring (bicyclic) bond motifs is 1. The van der Waals surface area contributed by atoms with Gasteiger partial charge in [-0.3, -0.25) is 4.79 Å². The van der Waals surface area contributed by atoms with Gasteiger partial charge in [0, 0.05) is 24.7 Å². The normalized spacial score (nSPS) is 22.3. The number of amides is 1. The minimum absolute atomic E-state index is 0.164. The summed E-state index contributed by atoms with van der Waals surface area (Å²) in [5.41, 5.74) is 9.36. The van der Waals surface area contributed by atoms with Crippen molar-refractivity contribution in [3.05, 3.63) is 34.9 Å². The first-order chi connectivity index (χ1) is 8.79. The fraction of sp³-hybridized carbons (Fsp3) is 0.533. The van der Waals surface area contributed by atoms with E-state index in [0.717, 1.165) is 31.4 Å². The Bertz CT molecular complexity index is 470. The minimum atomic E-state index is 0.164. The molecule has 1 amide bonds. The van der Waals surface area contributed by atoms with Gasteiger partial charge in [-0.05, 0) is 55.4 Å². The summed E-state index contributed by atoms with van der Waals surface area (Å²) in [5, 5.41) is 0. The average molecular weight is 244 g/mol. The van der Waals surface area contributed by atoms with E-state index in [1.54, 1.807) is 0 Å². The van der Waals surface area contributed by atoms with Crippen LogP contribution in [0.5, 0.6) is 0 Å². The van der Waals surface area contributed by atoms with E-state index >= 15 is 0 Å². The number of aryl methyl sites for hydroxylation is 2. The lowest BCUT2D eigenvalue weighted by Gasteiger charge is -2.23. The fourth-order valence-corrected chi connectivity index (χ4v) is 3.22. The van der Waals surface area contributed by atoms with Crippen molar-refractivity contribution in [2.75, 3.05) is 13.1 Å². The van der Waals surface area contributed by atoms with Gasteiger partial charge in [-0.15, -0.1) is 0 Å². The van der Waals surface area contributed by atoms with Crippen molar-refractivity contribution >= 4 is 5.91 Å². The number of hydrogen-bond acceptors (Lipinski definition) is 2. The minimum Gasteiger partial charge on any atom is -0.334 e. The van der Waals surface area contributed by atoms with Crippen molar-refractivity contribution in [2.45, 2.75) is 38.1 Å². The summed E-state index contributed by atoms with van der Waals surface area (Å²) in [7, 11) is 0. The lowest BCUT2D eigenvalue weighted by Crippen LogP contribution is -2.39. The molecule has 0 saturated carbocycles. The summed E-state index contributed by atoms with van der Waals surface area (Å²) >= 11 is 0. The van der Waals surface area contributed by atoms with E-state index in [9.17, 15) is 4.79 Å². The molecule has 1 saturated heterocycles. The molecule has 18 heavy (non-hydrogen) atoms. The van der Waals surface area contributed by atoms with Crippen LogP contribution in [0.25, 0.3) is 0 Å². The van der Waals surface area contributed by atoms with E-state index in [4.69, 9.17) is 5.73 Å². The highest BCUT2D eigenvalue weighted by molar-refractivity contribution is 5.95. The van der Waals surface area contributed by atoms with Crippen molar-refractivity contribution in [3.8, 4) is 0 Å². The number of rotatable bonds is 2. The zero-order valence-corrected chi connectivity index (χ0v) is 10.7. The van der Waals surface area contributed by atoms with Gasteiger partial charge < -0.3 is 10.6 Å². The first-order valence-electron chi connectivity index (χ1n) is 6.92. The maximum atomic E-state index is 12.5. The predicted octanol–water partition coefficient (Wildman–Crippen LogP) is 1.74. The van der Waals surface area contributed by atoms with Crippen LogP contribution in [0.2, 0.25) is 0 Å². The number of carbonyl (C=O) groups is 1. The van der Waals surface area contributed by atoms with Crippen LogP contribution >= 0.6 is 0 Å². The van der Waals surface area contributed by atoms with Crippen LogP contribution in [0.15, 0.2) is 18.2 Å². The van der Waals surface area contributed by atoms with Crippen LogP contribution in [0.3, 0.4) is 0 Å². The maximum absolute atomic E-state index is 12.5. The van der Waals surface area contributed by atoms with Crippen LogP contribution < -0.4 is 5.73 Å². The monoisotopic (exact) mass is 244 g/mol. The van der Waals surface area contributed by atoms with Gasteiger partial charge in [0.15, 0.2) is 0 Å². The zero-order chi connectivity index (χ0) is 12.5. The second-order valence-electron chi connectivity index (χ2n) is 5.37. The number of hydrogen-bond donors (Lipinski definition) is 1. The van der Waals surface area contributed by atoms with Crippen LogP contribution in [0.4, 0.5) is 0 Å². The Morgan fingerprint density at radius 2 is 2.11 bits per heavy atom. The topological polar surface area (TPSA) is 46.3 Å². The SMILES string of the molecule is NCC1CCCN1C(=O)c1ccc2c(c1)CCC2. The van der Waals surface area contributed by atoms with E-state index < -0.39 is 0 Å². The Kier molecular flexibility index (Phi) is 3.08. The lowest BCUT2D eigenvalue weighted by atomic mass is 10.1. The number of benzene rings is 1. The molecule has 3 nitrogen and oxygen atoms in total. The van der Waals surface area contributed by atoms with Crippen molar-refractivity contribution < 1.29 is 4.79 Å². The molecule has 1 aromatic carbocycles. The van der Waals surface area contributed by atoms with E-state index in [0.29, 0.717) is 6.54 Å². The molecule has 1 unspecified atom stereocenters. The molecule has 1 fully saturated rings. The second kappa shape index (κ2) is 4.73. The van der Waals surface area contributed by atoms with E-state index in [2.05, 4.69) is 12.1 Å². The zero-order valence-electron chi connectivity index (χ0n) is 10.7. The Balaban J connectivity index is 1.84. The van der Waals surface area contributed by atoms with Gasteiger partial charge in [0.2, 0.25) is 0 Å². The molecule has 2 N–H and O–H groups in total. The molecular weight excluding hydrogens is 224 g/mol. The highest BCUT2D eigenvalue weighted by Crippen LogP contribution is 2.25. The van der Waals surface area contributed by atoms with Crippen LogP contribution in [0.1, 0.15) is 40.7 Å². The number of nitrogens with zero attached hydrogens (tertiary/aromatic N) is 1. The lowest BCUT2D eigenvalue weighted by molar-refractivity contribution is 0.0741. The fourth-order valence-electron chi connectivity index (χ4n) is 3.22. The summed E-state index contributed by atoms with van der Waals surface area (Å²) in [4.78, 5) is 14.4. The van der Waals surface area contributed by atoms with Gasteiger partial charge >= 0.3 is 0 Å². The van der Waals surface area contributed by atoms with E-state index in [-0.39, 0.29) is 11.9 Å². The number of carbonyl (C=O) groups excluding carboxylic acids is 1. The van der Waals surface area contributed by atoms with Gasteiger partial charge in [-0.25, -0.2) is 0 Å². The maximum Gasteiger partial charge on any atom is 0.254 e. The largest absolute Gasteiger partial charge is 0.334 e. The first kappa shape index (κ1) is 11.7. The molecule has 0 spiro atoms. The van der Waals surface area contributed by atoms with Crippen molar-refractivity contribution in [1.29, 1.82) is 0 Å². The molecule has 1 aliphatic carbocycles. The molecule has 3 rings (SSSR count). The van der Waals surface area contributed by atoms with Crippen LogP contribution in [-0.4, -0.2) is 29.9 Å². The molecule has 0 aromatic heterocycles. The Hall–Kier alpha value is -1.35. The Morgan fingerprint density at radius 1 is 1.28 bits per heavy atom. The highest BCUT2D eigenvalue weighted by atomic mass is 16.2. The first-order valence-corrected chi connectivity index (χ1v) is 6.92. The quantitative estimate of drug-likeness (QED) is 0.861. The third-order valence-corrected chi connectivity index (χ3v) is 4.26. The van der Waals surface area contributed by atoms with Gasteiger partial charge in [-0.1, -0.05) is 6.07 Å². The Morgan fingerprint density at radius 3 is 2.94 bits per heavy atom. The summed E-state index contributed by atoms with van der Waals surface area (Å²) in [6.45, 7) is 1.44. The molecule has 1 aliphatic heterocycles. The van der Waals surface area contributed by atoms with Crippen LogP contribution in [0, 0.1) is 0 Å². The van der Waals surface area contributed by atoms with Gasteiger partial charge in [0.25, 0.3) is 5.91 Å². The smallest absolute Gasteiger partial charge is 0.254 e. The van der Waals surface area contributed by atoms with E-state index in [1.807, 2.05) is 11.0 Å². The summed E-state index contributed by atoms with van der Waals surface area (Å²) in [6.07, 6.45) is 5.64. The second-order valence-corrected chi connectivity index (χ2v) is 5.37. The standard InChI is InChI=1S/C15H20N2O/c16-10-14-5-2-8-17(14)15(18)13-7-6-11-3-1-4-12(11)9-13/h6-7,9,14H,1-5,8,10,16H2. The third-order valence-electron chi connectivity index (χ3n) is 4.26. The average Bonchev–Trinajstić information content (AvgIpc) is 3.05. The predicted molar refractivity (Wildman–Crippen MR) is 71.6 cm³/mol. The van der Waals surface area contributed by atoms with Gasteiger partial charge in [-0.2, -0.15) is 0 Å². The van der Waals surface area contributed by atoms with Gasteiger partial charge in [0.1, 0.15) is 0 Å². The van der Waals surface area contributed by atoms with E-state index in [1.165, 1.54) is 24.0 Å². The molecule has 3 heteroatoms. The molecule has 1 atom stereocenters. The number of nitrogens with two attached hydrogens (primary N) is 1. The molecular formula is C15H20N2O. The van der Waals surface area contributed by atoms with Crippen molar-refractivity contribution in [3.63, 3.8) is 0 Å². The highest BCUT2D eigenvalue weighted by Gasteiger charge is 2.28. The van der Waals surface area contributed by atoms with Gasteiger partial charge in [0.05, 0.1) is 0 Å². The van der Waals surface area contributed by atoms with Crippen LogP contribution in [-0.2, 0) is 12.8 Å². The Labute approximate surface area is 108 Å². The third kappa shape index (κ3) is 1.93. The molecule has 96 valence electrons. The molecule has 1 heterocycles. The van der Waals surface area contributed by atoms with Crippen molar-refractivity contribution in [1.82, 2.24) is 4.90 Å².